The molecule has 1 atom stereocenters. The van der Waals surface area contributed by atoms with E-state index in [4.69, 9.17) is 4.74 Å². The van der Waals surface area contributed by atoms with Gasteiger partial charge in [-0.15, -0.1) is 0 Å². The Kier molecular flexibility index (Phi) is 4.22. The Morgan fingerprint density at radius 1 is 1.21 bits per heavy atom. The molecule has 4 heterocycles. The highest BCUT2D eigenvalue weighted by Crippen LogP contribution is 2.31. The topological polar surface area (TPSA) is 91.0 Å². The molecule has 0 aromatic heterocycles. The molecule has 1 aromatic carbocycles. The molecule has 0 saturated carbocycles. The molecule has 4 aliphatic heterocycles. The zero-order valence-electron chi connectivity index (χ0n) is 15.7. The third-order valence-electron chi connectivity index (χ3n) is 6.29. The summed E-state index contributed by atoms with van der Waals surface area (Å²) in [6.45, 7) is 5.44. The standard InChI is InChI=1S/C20H24N4O4/c25-17-5-4-16(18(26)22-17)24-9-15-13(2-1-3-14(15)19(24)27)8-23-6-7-28-20(12-23)10-21-11-20/h1-3,16,21H,4-12H2,(H,22,25,26). The molecule has 0 aliphatic carbocycles. The van der Waals surface area contributed by atoms with Gasteiger partial charge in [0.2, 0.25) is 11.8 Å². The first kappa shape index (κ1) is 17.8. The fraction of sp³-hybridized carbons (Fsp3) is 0.550. The van der Waals surface area contributed by atoms with Crippen molar-refractivity contribution in [3.8, 4) is 0 Å². The lowest BCUT2D eigenvalue weighted by Crippen LogP contribution is -2.68. The maximum absolute atomic E-state index is 12.9. The number of fused-ring (bicyclic) bond motifs is 1. The number of imide groups is 1. The van der Waals surface area contributed by atoms with Crippen molar-refractivity contribution in [3.63, 3.8) is 0 Å². The summed E-state index contributed by atoms with van der Waals surface area (Å²) >= 11 is 0. The fourth-order valence-corrected chi connectivity index (χ4v) is 4.71. The first-order valence-electron chi connectivity index (χ1n) is 9.87. The first-order valence-corrected chi connectivity index (χ1v) is 9.87. The van der Waals surface area contributed by atoms with E-state index in [1.54, 1.807) is 4.90 Å². The number of hydrogen-bond acceptors (Lipinski definition) is 6. The van der Waals surface area contributed by atoms with Crippen LogP contribution in [0.15, 0.2) is 18.2 Å². The Morgan fingerprint density at radius 2 is 2.07 bits per heavy atom. The van der Waals surface area contributed by atoms with E-state index in [1.165, 1.54) is 0 Å². The van der Waals surface area contributed by atoms with E-state index in [-0.39, 0.29) is 29.7 Å². The van der Waals surface area contributed by atoms with Gasteiger partial charge in [0.05, 0.1) is 6.61 Å². The van der Waals surface area contributed by atoms with Gasteiger partial charge in [0.15, 0.2) is 0 Å². The second-order valence-electron chi connectivity index (χ2n) is 8.19. The maximum Gasteiger partial charge on any atom is 0.255 e. The van der Waals surface area contributed by atoms with E-state index < -0.39 is 6.04 Å². The summed E-state index contributed by atoms with van der Waals surface area (Å²) in [6, 6.07) is 5.25. The Hall–Kier alpha value is -2.29. The molecule has 8 heteroatoms. The average molecular weight is 384 g/mol. The second-order valence-corrected chi connectivity index (χ2v) is 8.19. The molecule has 1 aromatic rings. The molecule has 2 N–H and O–H groups in total. The van der Waals surface area contributed by atoms with Crippen LogP contribution in [0.3, 0.4) is 0 Å². The summed E-state index contributed by atoms with van der Waals surface area (Å²) in [5.74, 6) is -0.752. The van der Waals surface area contributed by atoms with Crippen LogP contribution in [0.4, 0.5) is 0 Å². The van der Waals surface area contributed by atoms with Crippen LogP contribution in [0, 0.1) is 0 Å². The minimum atomic E-state index is -0.571. The molecule has 8 nitrogen and oxygen atoms in total. The summed E-state index contributed by atoms with van der Waals surface area (Å²) < 4.78 is 5.96. The Labute approximate surface area is 163 Å². The monoisotopic (exact) mass is 384 g/mol. The predicted octanol–water partition coefficient (Wildman–Crippen LogP) is -0.378. The number of nitrogens with zero attached hydrogens (tertiary/aromatic N) is 2. The second kappa shape index (κ2) is 6.65. The van der Waals surface area contributed by atoms with Crippen LogP contribution < -0.4 is 10.6 Å². The van der Waals surface area contributed by atoms with Crippen LogP contribution in [0.25, 0.3) is 0 Å². The number of piperidine rings is 1. The van der Waals surface area contributed by atoms with Gasteiger partial charge in [0, 0.05) is 51.3 Å². The molecule has 0 radical (unpaired) electrons. The van der Waals surface area contributed by atoms with Crippen LogP contribution in [0.1, 0.15) is 34.3 Å². The molecule has 148 valence electrons. The van der Waals surface area contributed by atoms with Crippen molar-refractivity contribution >= 4 is 17.7 Å². The maximum atomic E-state index is 12.9. The van der Waals surface area contributed by atoms with Gasteiger partial charge in [-0.3, -0.25) is 24.6 Å². The van der Waals surface area contributed by atoms with Crippen LogP contribution in [0.2, 0.25) is 0 Å². The molecule has 1 unspecified atom stereocenters. The zero-order chi connectivity index (χ0) is 19.3. The van der Waals surface area contributed by atoms with Gasteiger partial charge in [0.1, 0.15) is 11.6 Å². The Balaban J connectivity index is 1.35. The lowest BCUT2D eigenvalue weighted by molar-refractivity contribution is -0.137. The van der Waals surface area contributed by atoms with Crippen LogP contribution in [0.5, 0.6) is 0 Å². The van der Waals surface area contributed by atoms with Gasteiger partial charge in [-0.2, -0.15) is 0 Å². The van der Waals surface area contributed by atoms with Gasteiger partial charge < -0.3 is 15.0 Å². The lowest BCUT2D eigenvalue weighted by atomic mass is 9.94. The smallest absolute Gasteiger partial charge is 0.255 e. The highest BCUT2D eigenvalue weighted by atomic mass is 16.5. The van der Waals surface area contributed by atoms with E-state index in [0.29, 0.717) is 18.5 Å². The summed E-state index contributed by atoms with van der Waals surface area (Å²) in [7, 11) is 0. The summed E-state index contributed by atoms with van der Waals surface area (Å²) in [4.78, 5) is 40.6. The quantitative estimate of drug-likeness (QED) is 0.691. The van der Waals surface area contributed by atoms with Crippen LogP contribution >= 0.6 is 0 Å². The van der Waals surface area contributed by atoms with Crippen molar-refractivity contribution in [2.24, 2.45) is 0 Å². The Morgan fingerprint density at radius 3 is 2.82 bits per heavy atom. The number of benzene rings is 1. The fourth-order valence-electron chi connectivity index (χ4n) is 4.71. The molecule has 1 spiro atoms. The highest BCUT2D eigenvalue weighted by molar-refractivity contribution is 6.05. The third-order valence-corrected chi connectivity index (χ3v) is 6.29. The Bertz CT molecular complexity index is 851. The van der Waals surface area contributed by atoms with E-state index in [9.17, 15) is 14.4 Å². The van der Waals surface area contributed by atoms with Crippen molar-refractivity contribution in [1.29, 1.82) is 0 Å². The number of morpholine rings is 1. The van der Waals surface area contributed by atoms with Crippen molar-refractivity contribution in [3.05, 3.63) is 34.9 Å². The van der Waals surface area contributed by atoms with E-state index in [2.05, 4.69) is 21.6 Å². The van der Waals surface area contributed by atoms with E-state index in [0.717, 1.165) is 50.5 Å². The van der Waals surface area contributed by atoms with Crippen LogP contribution in [-0.4, -0.2) is 72.0 Å². The molecular weight excluding hydrogens is 360 g/mol. The average Bonchev–Trinajstić information content (AvgIpc) is 2.99. The van der Waals surface area contributed by atoms with E-state index >= 15 is 0 Å². The largest absolute Gasteiger partial charge is 0.370 e. The summed E-state index contributed by atoms with van der Waals surface area (Å²) in [6.07, 6.45) is 0.659. The summed E-state index contributed by atoms with van der Waals surface area (Å²) in [5.41, 5.74) is 2.75. The predicted molar refractivity (Wildman–Crippen MR) is 99.3 cm³/mol. The molecule has 3 saturated heterocycles. The first-order chi connectivity index (χ1) is 13.5. The van der Waals surface area contributed by atoms with Gasteiger partial charge in [-0.05, 0) is 23.6 Å². The number of hydrogen-bond donors (Lipinski definition) is 2. The minimum Gasteiger partial charge on any atom is -0.370 e. The molecule has 3 amide bonds. The van der Waals surface area contributed by atoms with Crippen molar-refractivity contribution in [1.82, 2.24) is 20.4 Å². The molecular formula is C20H24N4O4. The van der Waals surface area contributed by atoms with Crippen molar-refractivity contribution in [2.75, 3.05) is 32.8 Å². The molecule has 5 rings (SSSR count). The zero-order valence-corrected chi connectivity index (χ0v) is 15.7. The third kappa shape index (κ3) is 2.92. The lowest BCUT2D eigenvalue weighted by Gasteiger charge is -2.48. The number of rotatable bonds is 3. The van der Waals surface area contributed by atoms with Crippen molar-refractivity contribution < 1.29 is 19.1 Å². The number of nitrogens with one attached hydrogen (secondary N) is 2. The number of carbonyl (C=O) groups excluding carboxylic acids is 3. The normalized spacial score (nSPS) is 26.9. The van der Waals surface area contributed by atoms with Crippen LogP contribution in [-0.2, 0) is 27.4 Å². The van der Waals surface area contributed by atoms with E-state index in [1.807, 2.05) is 12.1 Å². The molecule has 28 heavy (non-hydrogen) atoms. The SMILES string of the molecule is O=C1CCC(N2Cc3c(CN4CCOC5(CNC5)C4)cccc3C2=O)C(=O)N1. The summed E-state index contributed by atoms with van der Waals surface area (Å²) in [5, 5.41) is 5.64. The minimum absolute atomic E-state index is 0.0647. The van der Waals surface area contributed by atoms with Gasteiger partial charge in [0.25, 0.3) is 5.91 Å². The van der Waals surface area contributed by atoms with Gasteiger partial charge in [-0.1, -0.05) is 12.1 Å². The van der Waals surface area contributed by atoms with Gasteiger partial charge in [-0.25, -0.2) is 0 Å². The number of amides is 3. The van der Waals surface area contributed by atoms with Crippen molar-refractivity contribution in [2.45, 2.75) is 37.6 Å². The molecule has 4 aliphatic rings. The number of ether oxygens (including phenoxy) is 1. The number of carbonyl (C=O) groups is 3. The molecule has 3 fully saturated rings. The highest BCUT2D eigenvalue weighted by Gasteiger charge is 2.43. The van der Waals surface area contributed by atoms with Gasteiger partial charge >= 0.3 is 0 Å². The molecule has 0 bridgehead atoms.